The lowest BCUT2D eigenvalue weighted by atomic mass is 9.73. The van der Waals surface area contributed by atoms with Gasteiger partial charge in [0.2, 0.25) is 0 Å². The van der Waals surface area contributed by atoms with Gasteiger partial charge in [-0.15, -0.1) is 0 Å². The molecule has 2 heterocycles. The molecule has 1 saturated heterocycles. The van der Waals surface area contributed by atoms with Crippen LogP contribution in [0, 0.1) is 5.92 Å². The quantitative estimate of drug-likeness (QED) is 0.862. The standard InChI is InChI=1S/C22H27N3/c1-6-9-21-16(2)25(5)17(3)24-22(21,4)20-12-7-10-18(14-20)19-11-8-13-23-15-19/h7-8,10-15,21,24H,2-3,6,9H2,1,4-5H3/t21-,22+/m0/s1. The van der Waals surface area contributed by atoms with Gasteiger partial charge in [-0.3, -0.25) is 4.98 Å². The summed E-state index contributed by atoms with van der Waals surface area (Å²) in [5.74, 6) is 1.21. The van der Waals surface area contributed by atoms with Crippen LogP contribution in [0.15, 0.2) is 73.5 Å². The zero-order valence-electron chi connectivity index (χ0n) is 15.4. The Balaban J connectivity index is 2.06. The first-order valence-corrected chi connectivity index (χ1v) is 8.88. The predicted octanol–water partition coefficient (Wildman–Crippen LogP) is 4.90. The van der Waals surface area contributed by atoms with E-state index < -0.39 is 0 Å². The molecular weight excluding hydrogens is 306 g/mol. The summed E-state index contributed by atoms with van der Waals surface area (Å²) < 4.78 is 0. The summed E-state index contributed by atoms with van der Waals surface area (Å²) in [6.07, 6.45) is 5.91. The van der Waals surface area contributed by atoms with Crippen LogP contribution in [0.25, 0.3) is 11.1 Å². The molecular formula is C22H27N3. The van der Waals surface area contributed by atoms with Gasteiger partial charge in [0.05, 0.1) is 11.4 Å². The lowest BCUT2D eigenvalue weighted by Gasteiger charge is -2.49. The predicted molar refractivity (Wildman–Crippen MR) is 105 cm³/mol. The van der Waals surface area contributed by atoms with Gasteiger partial charge in [0.15, 0.2) is 0 Å². The van der Waals surface area contributed by atoms with Crippen molar-refractivity contribution in [3.05, 3.63) is 79.0 Å². The van der Waals surface area contributed by atoms with E-state index in [1.165, 1.54) is 11.1 Å². The molecule has 130 valence electrons. The van der Waals surface area contributed by atoms with Gasteiger partial charge in [-0.25, -0.2) is 0 Å². The maximum absolute atomic E-state index is 4.36. The van der Waals surface area contributed by atoms with E-state index in [1.54, 1.807) is 6.20 Å². The smallest absolute Gasteiger partial charge is 0.0985 e. The minimum atomic E-state index is -0.227. The number of hydrogen-bond acceptors (Lipinski definition) is 3. The summed E-state index contributed by atoms with van der Waals surface area (Å²) in [7, 11) is 2.03. The highest BCUT2D eigenvalue weighted by Gasteiger charge is 2.42. The Morgan fingerprint density at radius 1 is 1.20 bits per heavy atom. The van der Waals surface area contributed by atoms with Crippen LogP contribution in [0.4, 0.5) is 0 Å². The second kappa shape index (κ2) is 6.75. The summed E-state index contributed by atoms with van der Waals surface area (Å²) >= 11 is 0. The summed E-state index contributed by atoms with van der Waals surface area (Å²) in [5.41, 5.74) is 4.46. The maximum Gasteiger partial charge on any atom is 0.0985 e. The van der Waals surface area contributed by atoms with E-state index in [-0.39, 0.29) is 5.54 Å². The van der Waals surface area contributed by atoms with Crippen molar-refractivity contribution >= 4 is 0 Å². The third-order valence-corrected chi connectivity index (χ3v) is 5.37. The fourth-order valence-electron chi connectivity index (χ4n) is 3.78. The van der Waals surface area contributed by atoms with Gasteiger partial charge in [-0.1, -0.05) is 50.8 Å². The molecule has 0 saturated carbocycles. The Bertz CT molecular complexity index is 781. The molecule has 1 N–H and O–H groups in total. The van der Waals surface area contributed by atoms with E-state index in [0.29, 0.717) is 5.92 Å². The molecule has 3 heteroatoms. The number of pyridine rings is 1. The minimum Gasteiger partial charge on any atom is -0.362 e. The number of nitrogens with zero attached hydrogens (tertiary/aromatic N) is 2. The van der Waals surface area contributed by atoms with Crippen LogP contribution in [0.5, 0.6) is 0 Å². The largest absolute Gasteiger partial charge is 0.362 e. The zero-order valence-corrected chi connectivity index (χ0v) is 15.4. The SMILES string of the molecule is C=C1N[C@](C)(c2cccc(-c3cccnc3)c2)[C@@H](CCC)C(=C)N1C. The summed E-state index contributed by atoms with van der Waals surface area (Å²) in [6, 6.07) is 12.8. The number of aromatic nitrogens is 1. The third kappa shape index (κ3) is 3.07. The molecule has 1 aromatic heterocycles. The molecule has 3 nitrogen and oxygen atoms in total. The second-order valence-electron chi connectivity index (χ2n) is 6.99. The topological polar surface area (TPSA) is 28.2 Å². The van der Waals surface area contributed by atoms with Crippen molar-refractivity contribution < 1.29 is 0 Å². The average molecular weight is 333 g/mol. The summed E-state index contributed by atoms with van der Waals surface area (Å²) in [4.78, 5) is 6.32. The van der Waals surface area contributed by atoms with Crippen LogP contribution in [0.3, 0.4) is 0 Å². The Kier molecular flexibility index (Phi) is 4.67. The minimum absolute atomic E-state index is 0.227. The van der Waals surface area contributed by atoms with E-state index in [9.17, 15) is 0 Å². The number of hydrogen-bond donors (Lipinski definition) is 1. The first-order valence-electron chi connectivity index (χ1n) is 8.88. The first kappa shape index (κ1) is 17.3. The van der Waals surface area contributed by atoms with Crippen LogP contribution < -0.4 is 5.32 Å². The van der Waals surface area contributed by atoms with E-state index in [2.05, 4.69) is 72.5 Å². The van der Waals surface area contributed by atoms with E-state index in [1.807, 2.05) is 19.3 Å². The number of nitrogens with one attached hydrogen (secondary N) is 1. The van der Waals surface area contributed by atoms with Gasteiger partial charge >= 0.3 is 0 Å². The lowest BCUT2D eigenvalue weighted by molar-refractivity contribution is 0.173. The molecule has 0 aliphatic carbocycles. The highest BCUT2D eigenvalue weighted by Crippen LogP contribution is 2.43. The Morgan fingerprint density at radius 3 is 2.64 bits per heavy atom. The van der Waals surface area contributed by atoms with Crippen LogP contribution in [0.2, 0.25) is 0 Å². The van der Waals surface area contributed by atoms with Gasteiger partial charge in [0.1, 0.15) is 0 Å². The zero-order chi connectivity index (χ0) is 18.0. The Hall–Kier alpha value is -2.55. The molecule has 0 unspecified atom stereocenters. The lowest BCUT2D eigenvalue weighted by Crippen LogP contribution is -2.54. The fourth-order valence-corrected chi connectivity index (χ4v) is 3.78. The summed E-state index contributed by atoms with van der Waals surface area (Å²) in [5, 5.41) is 3.66. The number of benzene rings is 1. The average Bonchev–Trinajstić information content (AvgIpc) is 2.64. The molecule has 0 bridgehead atoms. The highest BCUT2D eigenvalue weighted by molar-refractivity contribution is 5.63. The molecule has 2 aromatic rings. The molecule has 0 radical (unpaired) electrons. The van der Waals surface area contributed by atoms with Crippen molar-refractivity contribution in [3.63, 3.8) is 0 Å². The fraction of sp³-hybridized carbons (Fsp3) is 0.318. The van der Waals surface area contributed by atoms with Crippen LogP contribution in [0.1, 0.15) is 32.3 Å². The molecule has 25 heavy (non-hydrogen) atoms. The second-order valence-corrected chi connectivity index (χ2v) is 6.99. The van der Waals surface area contributed by atoms with E-state index in [0.717, 1.165) is 29.9 Å². The van der Waals surface area contributed by atoms with Crippen molar-refractivity contribution in [3.8, 4) is 11.1 Å². The Morgan fingerprint density at radius 2 is 1.96 bits per heavy atom. The van der Waals surface area contributed by atoms with Gasteiger partial charge in [-0.05, 0) is 42.2 Å². The maximum atomic E-state index is 4.36. The number of rotatable bonds is 4. The molecule has 1 aromatic carbocycles. The third-order valence-electron chi connectivity index (χ3n) is 5.37. The van der Waals surface area contributed by atoms with Gasteiger partial charge in [-0.2, -0.15) is 0 Å². The van der Waals surface area contributed by atoms with Crippen LogP contribution in [-0.2, 0) is 5.54 Å². The van der Waals surface area contributed by atoms with Crippen molar-refractivity contribution in [2.24, 2.45) is 5.92 Å². The summed E-state index contributed by atoms with van der Waals surface area (Å²) in [6.45, 7) is 13.0. The molecule has 1 aliphatic rings. The first-order chi connectivity index (χ1) is 12.0. The van der Waals surface area contributed by atoms with Gasteiger partial charge < -0.3 is 10.2 Å². The molecule has 1 fully saturated rings. The van der Waals surface area contributed by atoms with E-state index >= 15 is 0 Å². The molecule has 1 aliphatic heterocycles. The Labute approximate surface area is 151 Å². The van der Waals surface area contributed by atoms with Gasteiger partial charge in [0, 0.05) is 31.1 Å². The van der Waals surface area contributed by atoms with Crippen molar-refractivity contribution in [2.45, 2.75) is 32.2 Å². The molecule has 3 rings (SSSR count). The van der Waals surface area contributed by atoms with Crippen molar-refractivity contribution in [1.29, 1.82) is 0 Å². The molecule has 0 spiro atoms. The van der Waals surface area contributed by atoms with Crippen LogP contribution >= 0.6 is 0 Å². The highest BCUT2D eigenvalue weighted by atomic mass is 15.3. The van der Waals surface area contributed by atoms with Gasteiger partial charge in [0.25, 0.3) is 0 Å². The van der Waals surface area contributed by atoms with Crippen molar-refractivity contribution in [1.82, 2.24) is 15.2 Å². The molecule has 2 atom stereocenters. The molecule has 0 amide bonds. The van der Waals surface area contributed by atoms with Crippen molar-refractivity contribution in [2.75, 3.05) is 7.05 Å². The monoisotopic (exact) mass is 333 g/mol. The van der Waals surface area contributed by atoms with Crippen LogP contribution in [-0.4, -0.2) is 16.9 Å². The van der Waals surface area contributed by atoms with E-state index in [4.69, 9.17) is 0 Å². The normalized spacial score (nSPS) is 23.5.